The van der Waals surface area contributed by atoms with Crippen LogP contribution in [0.2, 0.25) is 0 Å². The first-order chi connectivity index (χ1) is 9.70. The van der Waals surface area contributed by atoms with E-state index in [0.717, 1.165) is 35.1 Å². The number of amides is 1. The summed E-state index contributed by atoms with van der Waals surface area (Å²) in [6, 6.07) is 5.69. The lowest BCUT2D eigenvalue weighted by molar-refractivity contribution is -0.116. The molecule has 2 aromatic rings. The number of carbonyl (C=O) groups is 1. The van der Waals surface area contributed by atoms with E-state index in [4.69, 9.17) is 0 Å². The van der Waals surface area contributed by atoms with Crippen molar-refractivity contribution in [1.29, 1.82) is 0 Å². The van der Waals surface area contributed by atoms with Gasteiger partial charge in [-0.3, -0.25) is 4.79 Å². The molecule has 1 amide bonds. The number of carbonyl (C=O) groups excluding carboxylic acids is 1. The van der Waals surface area contributed by atoms with Crippen LogP contribution in [0.15, 0.2) is 24.5 Å². The molecule has 1 aromatic carbocycles. The van der Waals surface area contributed by atoms with E-state index >= 15 is 0 Å². The van der Waals surface area contributed by atoms with Crippen molar-refractivity contribution >= 4 is 27.5 Å². The Bertz CT molecular complexity index is 570. The van der Waals surface area contributed by atoms with Crippen LogP contribution in [0.4, 0.5) is 5.69 Å². The molecule has 20 heavy (non-hydrogen) atoms. The van der Waals surface area contributed by atoms with Crippen molar-refractivity contribution in [2.75, 3.05) is 10.6 Å². The zero-order chi connectivity index (χ0) is 14.4. The number of aromatic nitrogens is 4. The Labute approximate surface area is 125 Å². The Morgan fingerprint density at radius 3 is 2.95 bits per heavy atom. The Morgan fingerprint density at radius 1 is 1.40 bits per heavy atom. The summed E-state index contributed by atoms with van der Waals surface area (Å²) in [5.74, 6) is 0.0254. The number of aryl methyl sites for hydroxylation is 1. The van der Waals surface area contributed by atoms with Gasteiger partial charge in [0.15, 0.2) is 0 Å². The highest BCUT2D eigenvalue weighted by Gasteiger charge is 2.07. The summed E-state index contributed by atoms with van der Waals surface area (Å²) in [6.07, 6.45) is 3.93. The van der Waals surface area contributed by atoms with Crippen LogP contribution in [0.25, 0.3) is 5.69 Å². The summed E-state index contributed by atoms with van der Waals surface area (Å²) in [5, 5.41) is 14.9. The zero-order valence-corrected chi connectivity index (χ0v) is 12.8. The highest BCUT2D eigenvalue weighted by Crippen LogP contribution is 2.18. The molecule has 0 saturated carbocycles. The van der Waals surface area contributed by atoms with Crippen molar-refractivity contribution in [3.8, 4) is 5.69 Å². The molecule has 106 valence electrons. The van der Waals surface area contributed by atoms with Gasteiger partial charge in [0.25, 0.3) is 0 Å². The topological polar surface area (TPSA) is 72.7 Å². The molecule has 0 aliphatic heterocycles. The van der Waals surface area contributed by atoms with Crippen LogP contribution in [0, 0.1) is 6.92 Å². The third-order valence-corrected chi connectivity index (χ3v) is 3.44. The lowest BCUT2D eigenvalue weighted by atomic mass is 10.1. The van der Waals surface area contributed by atoms with Crippen LogP contribution in [-0.4, -0.2) is 31.4 Å². The minimum atomic E-state index is 0.0254. The number of rotatable bonds is 6. The Hall–Kier alpha value is -1.76. The Kier molecular flexibility index (Phi) is 5.23. The third kappa shape index (κ3) is 3.86. The van der Waals surface area contributed by atoms with Crippen LogP contribution in [0.1, 0.15) is 24.8 Å². The molecule has 1 heterocycles. The minimum Gasteiger partial charge on any atom is -0.326 e. The number of unbranched alkanes of at least 4 members (excludes halogenated alkanes) is 1. The van der Waals surface area contributed by atoms with Gasteiger partial charge in [-0.05, 0) is 47.9 Å². The van der Waals surface area contributed by atoms with Crippen molar-refractivity contribution in [1.82, 2.24) is 20.2 Å². The number of nitrogens with one attached hydrogen (secondary N) is 1. The first kappa shape index (κ1) is 14.6. The maximum Gasteiger partial charge on any atom is 0.224 e. The number of anilines is 1. The third-order valence-electron chi connectivity index (χ3n) is 2.88. The van der Waals surface area contributed by atoms with E-state index < -0.39 is 0 Å². The van der Waals surface area contributed by atoms with Crippen LogP contribution in [-0.2, 0) is 4.79 Å². The molecule has 0 aliphatic rings. The molecule has 0 spiro atoms. The number of halogens is 1. The average molecular weight is 338 g/mol. The maximum atomic E-state index is 11.8. The molecule has 0 bridgehead atoms. The van der Waals surface area contributed by atoms with Gasteiger partial charge in [-0.2, -0.15) is 0 Å². The molecule has 0 radical (unpaired) electrons. The SMILES string of the molecule is Cc1ccc(NC(=O)CCCCBr)cc1-n1cnnn1. The fraction of sp³-hybridized carbons (Fsp3) is 0.385. The largest absolute Gasteiger partial charge is 0.326 e. The molecule has 0 fully saturated rings. The van der Waals surface area contributed by atoms with E-state index in [1.165, 1.54) is 6.33 Å². The molecule has 1 N–H and O–H groups in total. The molecule has 0 unspecified atom stereocenters. The van der Waals surface area contributed by atoms with E-state index in [1.807, 2.05) is 25.1 Å². The maximum absolute atomic E-state index is 11.8. The van der Waals surface area contributed by atoms with Crippen molar-refractivity contribution in [3.05, 3.63) is 30.1 Å². The van der Waals surface area contributed by atoms with Crippen LogP contribution in [0.3, 0.4) is 0 Å². The smallest absolute Gasteiger partial charge is 0.224 e. The van der Waals surface area contributed by atoms with E-state index in [0.29, 0.717) is 6.42 Å². The summed E-state index contributed by atoms with van der Waals surface area (Å²) >= 11 is 3.35. The van der Waals surface area contributed by atoms with Gasteiger partial charge in [-0.25, -0.2) is 4.68 Å². The molecule has 7 heteroatoms. The number of hydrogen-bond acceptors (Lipinski definition) is 4. The molecule has 6 nitrogen and oxygen atoms in total. The van der Waals surface area contributed by atoms with E-state index in [2.05, 4.69) is 36.8 Å². The Balaban J connectivity index is 2.06. The standard InChI is InChI=1S/C13H16BrN5O/c1-10-5-6-11(16-13(20)4-2-3-7-14)8-12(10)19-9-15-17-18-19/h5-6,8-9H,2-4,7H2,1H3,(H,16,20). The molecule has 0 saturated heterocycles. The molecule has 0 aliphatic carbocycles. The van der Waals surface area contributed by atoms with Crippen molar-refractivity contribution in [2.45, 2.75) is 26.2 Å². The monoisotopic (exact) mass is 337 g/mol. The number of tetrazole rings is 1. The van der Waals surface area contributed by atoms with Crippen LogP contribution < -0.4 is 5.32 Å². The minimum absolute atomic E-state index is 0.0254. The van der Waals surface area contributed by atoms with Gasteiger partial charge >= 0.3 is 0 Å². The Morgan fingerprint density at radius 2 is 2.25 bits per heavy atom. The van der Waals surface area contributed by atoms with E-state index in [-0.39, 0.29) is 5.91 Å². The van der Waals surface area contributed by atoms with Crippen LogP contribution in [0.5, 0.6) is 0 Å². The summed E-state index contributed by atoms with van der Waals surface area (Å²) < 4.78 is 1.58. The van der Waals surface area contributed by atoms with Gasteiger partial charge in [-0.1, -0.05) is 22.0 Å². The predicted molar refractivity (Wildman–Crippen MR) is 80.2 cm³/mol. The van der Waals surface area contributed by atoms with Gasteiger partial charge in [0.2, 0.25) is 5.91 Å². The van der Waals surface area contributed by atoms with Crippen molar-refractivity contribution in [2.24, 2.45) is 0 Å². The zero-order valence-electron chi connectivity index (χ0n) is 11.2. The summed E-state index contributed by atoms with van der Waals surface area (Å²) in [7, 11) is 0. The average Bonchev–Trinajstić information content (AvgIpc) is 2.95. The number of nitrogens with zero attached hydrogens (tertiary/aromatic N) is 4. The highest BCUT2D eigenvalue weighted by molar-refractivity contribution is 9.09. The van der Waals surface area contributed by atoms with Gasteiger partial charge in [0.05, 0.1) is 5.69 Å². The molecular weight excluding hydrogens is 322 g/mol. The lowest BCUT2D eigenvalue weighted by Crippen LogP contribution is -2.11. The number of alkyl halides is 1. The van der Waals surface area contributed by atoms with E-state index in [9.17, 15) is 4.79 Å². The first-order valence-corrected chi connectivity index (χ1v) is 7.52. The molecule has 2 rings (SSSR count). The summed E-state index contributed by atoms with van der Waals surface area (Å²) in [4.78, 5) is 11.8. The normalized spacial score (nSPS) is 10.5. The highest BCUT2D eigenvalue weighted by atomic mass is 79.9. The van der Waals surface area contributed by atoms with Gasteiger partial charge in [0.1, 0.15) is 6.33 Å². The summed E-state index contributed by atoms with van der Waals surface area (Å²) in [6.45, 7) is 1.97. The van der Waals surface area contributed by atoms with Gasteiger partial charge in [-0.15, -0.1) is 5.10 Å². The van der Waals surface area contributed by atoms with Gasteiger partial charge in [0, 0.05) is 17.4 Å². The number of hydrogen-bond donors (Lipinski definition) is 1. The van der Waals surface area contributed by atoms with Crippen molar-refractivity contribution < 1.29 is 4.79 Å². The second-order valence-electron chi connectivity index (χ2n) is 4.45. The molecular formula is C13H16BrN5O. The molecule has 0 atom stereocenters. The lowest BCUT2D eigenvalue weighted by Gasteiger charge is -2.09. The summed E-state index contributed by atoms with van der Waals surface area (Å²) in [5.41, 5.74) is 2.65. The second kappa shape index (κ2) is 7.14. The predicted octanol–water partition coefficient (Wildman–Crippen LogP) is 2.47. The van der Waals surface area contributed by atoms with E-state index in [1.54, 1.807) is 4.68 Å². The number of benzene rings is 1. The molecule has 1 aromatic heterocycles. The fourth-order valence-electron chi connectivity index (χ4n) is 1.81. The second-order valence-corrected chi connectivity index (χ2v) is 5.24. The van der Waals surface area contributed by atoms with Crippen LogP contribution >= 0.6 is 15.9 Å². The fourth-order valence-corrected chi connectivity index (χ4v) is 2.21. The van der Waals surface area contributed by atoms with Gasteiger partial charge < -0.3 is 5.32 Å². The first-order valence-electron chi connectivity index (χ1n) is 6.40. The van der Waals surface area contributed by atoms with Crippen molar-refractivity contribution in [3.63, 3.8) is 0 Å². The quantitative estimate of drug-likeness (QED) is 0.649.